The van der Waals surface area contributed by atoms with Gasteiger partial charge in [-0.25, -0.2) is 0 Å². The van der Waals surface area contributed by atoms with Crippen molar-refractivity contribution in [1.82, 2.24) is 0 Å². The van der Waals surface area contributed by atoms with Crippen LogP contribution in [0.5, 0.6) is 0 Å². The summed E-state index contributed by atoms with van der Waals surface area (Å²) in [6.07, 6.45) is 2.62. The van der Waals surface area contributed by atoms with E-state index in [2.05, 4.69) is 69.2 Å². The van der Waals surface area contributed by atoms with Crippen LogP contribution in [0, 0.1) is 47.3 Å². The van der Waals surface area contributed by atoms with E-state index in [0.717, 1.165) is 47.3 Å². The van der Waals surface area contributed by atoms with Gasteiger partial charge in [-0.05, 0) is 47.3 Å². The molecule has 0 radical (unpaired) electrons. The molecule has 0 aliphatic rings. The van der Waals surface area contributed by atoms with Crippen LogP contribution in [0.25, 0.3) is 0 Å². The lowest BCUT2D eigenvalue weighted by Crippen LogP contribution is -2.32. The number of hydrogen-bond acceptors (Lipinski definition) is 0. The second-order valence-corrected chi connectivity index (χ2v) is 7.93. The van der Waals surface area contributed by atoms with E-state index in [-0.39, 0.29) is 7.43 Å². The van der Waals surface area contributed by atoms with Gasteiger partial charge in [0.1, 0.15) is 0 Å². The largest absolute Gasteiger partial charge is 0.0776 e. The van der Waals surface area contributed by atoms with E-state index in [1.165, 1.54) is 12.8 Å². The van der Waals surface area contributed by atoms with Gasteiger partial charge in [0.05, 0.1) is 0 Å². The molecule has 0 saturated heterocycles. The average molecular weight is 305 g/mol. The standard InChI is InChI=1S/C20H42.CH4.H2/c1-11-13(3)15(5)17(7)19(9)20(10)18(8)16(6)14(4)12-2;;/h13-20H,11-12H2,1-10H3;1H4;1H/i;;1+2T. The molecular formula is C21H48. The van der Waals surface area contributed by atoms with Gasteiger partial charge in [0.15, 0.2) is 0 Å². The molecule has 0 heteroatoms. The van der Waals surface area contributed by atoms with Crippen LogP contribution in [-0.4, -0.2) is 0 Å². The van der Waals surface area contributed by atoms with Gasteiger partial charge < -0.3 is 0 Å². The van der Waals surface area contributed by atoms with E-state index < -0.39 is 0 Å². The molecular weight excluding hydrogens is 252 g/mol. The van der Waals surface area contributed by atoms with Gasteiger partial charge in [-0.1, -0.05) is 89.5 Å². The highest BCUT2D eigenvalue weighted by molar-refractivity contribution is 4.80. The molecule has 0 N–H and O–H groups in total. The highest BCUT2D eigenvalue weighted by atomic mass is 14.4. The predicted molar refractivity (Wildman–Crippen MR) is 103 cm³/mol. The molecule has 0 amide bonds. The van der Waals surface area contributed by atoms with Gasteiger partial charge in [0.2, 0.25) is 0 Å². The summed E-state index contributed by atoms with van der Waals surface area (Å²) in [5, 5.41) is 0. The van der Waals surface area contributed by atoms with Gasteiger partial charge in [0.25, 0.3) is 0 Å². The minimum Gasteiger partial charge on any atom is -0.0776 e. The van der Waals surface area contributed by atoms with Crippen molar-refractivity contribution < 1.29 is 2.97 Å². The first kappa shape index (κ1) is 21.0. The van der Waals surface area contributed by atoms with Crippen LogP contribution < -0.4 is 0 Å². The Hall–Kier alpha value is 0. The first-order chi connectivity index (χ1) is 10.2. The van der Waals surface area contributed by atoms with Crippen LogP contribution in [-0.2, 0) is 0 Å². The molecule has 0 spiro atoms. The second kappa shape index (κ2) is 10.7. The summed E-state index contributed by atoms with van der Waals surface area (Å²) in [6, 6.07) is 0. The molecule has 0 saturated carbocycles. The van der Waals surface area contributed by atoms with Crippen LogP contribution in [0.4, 0.5) is 0 Å². The summed E-state index contributed by atoms with van der Waals surface area (Å²) in [7, 11) is 0. The lowest BCUT2D eigenvalue weighted by atomic mass is 9.67. The minimum atomic E-state index is 0. The predicted octanol–water partition coefficient (Wildman–Crippen LogP) is 7.78. The molecule has 8 atom stereocenters. The monoisotopic (exact) mass is 304 g/mol. The number of hydrogen-bond donors (Lipinski definition) is 0. The highest BCUT2D eigenvalue weighted by Gasteiger charge is 2.31. The van der Waals surface area contributed by atoms with Crippen LogP contribution in [0.3, 0.4) is 0 Å². The van der Waals surface area contributed by atoms with E-state index in [4.69, 9.17) is 2.97 Å². The molecule has 0 fully saturated rings. The van der Waals surface area contributed by atoms with Gasteiger partial charge in [-0.2, -0.15) is 0 Å². The zero-order valence-corrected chi connectivity index (χ0v) is 16.0. The Morgan fingerprint density at radius 1 is 0.524 bits per heavy atom. The molecule has 0 nitrogen and oxygen atoms in total. The van der Waals surface area contributed by atoms with Crippen molar-refractivity contribution in [2.45, 2.75) is 89.5 Å². The SMILES string of the molecule is C.CCC(C)C(C)C(C)C(C)C(C)C(C)C(C)C(C)CC.[3H][3H]. The summed E-state index contributed by atoms with van der Waals surface area (Å²) in [5.41, 5.74) is 0. The summed E-state index contributed by atoms with van der Waals surface area (Å²) < 4.78 is 10.0. The Balaban J connectivity index is -0.00000128. The Kier molecular flexibility index (Phi) is 10.7. The fourth-order valence-corrected chi connectivity index (χ4v) is 3.70. The van der Waals surface area contributed by atoms with Crippen molar-refractivity contribution in [3.05, 3.63) is 0 Å². The Morgan fingerprint density at radius 3 is 0.905 bits per heavy atom. The normalized spacial score (nSPS) is 23.5. The topological polar surface area (TPSA) is 0 Å². The average Bonchev–Trinajstić information content (AvgIpc) is 2.57. The maximum absolute atomic E-state index is 5.00. The van der Waals surface area contributed by atoms with Crippen molar-refractivity contribution in [2.75, 3.05) is 0 Å². The van der Waals surface area contributed by atoms with Gasteiger partial charge in [0, 0.05) is 2.97 Å². The summed E-state index contributed by atoms with van der Waals surface area (Å²) in [5.74, 6) is 6.66. The van der Waals surface area contributed by atoms with E-state index in [0.29, 0.717) is 0 Å². The maximum atomic E-state index is 5.00. The van der Waals surface area contributed by atoms with E-state index in [1.54, 1.807) is 0 Å². The van der Waals surface area contributed by atoms with Crippen LogP contribution in [0.2, 0.25) is 0 Å². The van der Waals surface area contributed by atoms with Crippen molar-refractivity contribution in [3.63, 3.8) is 0 Å². The Bertz CT molecular complexity index is 228. The van der Waals surface area contributed by atoms with Crippen LogP contribution >= 0.6 is 0 Å². The quantitative estimate of drug-likeness (QED) is 0.408. The van der Waals surface area contributed by atoms with Gasteiger partial charge in [-0.15, -0.1) is 0 Å². The number of rotatable bonds is 9. The Labute approximate surface area is 140 Å². The third kappa shape index (κ3) is 6.33. The van der Waals surface area contributed by atoms with E-state index in [1.807, 2.05) is 0 Å². The van der Waals surface area contributed by atoms with Crippen molar-refractivity contribution in [1.29, 1.82) is 0 Å². The lowest BCUT2D eigenvalue weighted by Gasteiger charge is -2.39. The minimum absolute atomic E-state index is 0. The van der Waals surface area contributed by atoms with E-state index >= 15 is 0 Å². The molecule has 0 aromatic rings. The molecule has 0 heterocycles. The molecule has 132 valence electrons. The van der Waals surface area contributed by atoms with Crippen molar-refractivity contribution in [3.8, 4) is 0 Å². The van der Waals surface area contributed by atoms with Crippen molar-refractivity contribution in [2.24, 2.45) is 47.3 Å². The first-order valence-electron chi connectivity index (χ1n) is 10.2. The van der Waals surface area contributed by atoms with Crippen molar-refractivity contribution >= 4 is 0 Å². The first-order valence-corrected chi connectivity index (χ1v) is 9.18. The molecule has 0 aliphatic heterocycles. The summed E-state index contributed by atoms with van der Waals surface area (Å²) in [6.45, 7) is 24.4. The van der Waals surface area contributed by atoms with Gasteiger partial charge >= 0.3 is 0 Å². The maximum Gasteiger partial charge on any atom is 0 e. The summed E-state index contributed by atoms with van der Waals surface area (Å²) in [4.78, 5) is 0. The molecule has 21 heavy (non-hydrogen) atoms. The molecule has 0 aliphatic carbocycles. The smallest absolute Gasteiger partial charge is 0 e. The van der Waals surface area contributed by atoms with Crippen LogP contribution in [0.15, 0.2) is 0 Å². The zero-order valence-electron chi connectivity index (χ0n) is 18.0. The Morgan fingerprint density at radius 2 is 0.714 bits per heavy atom. The molecule has 8 unspecified atom stereocenters. The van der Waals surface area contributed by atoms with E-state index in [9.17, 15) is 0 Å². The zero-order chi connectivity index (χ0) is 18.0. The summed E-state index contributed by atoms with van der Waals surface area (Å²) >= 11 is 0. The lowest BCUT2D eigenvalue weighted by molar-refractivity contribution is 0.101. The van der Waals surface area contributed by atoms with Crippen LogP contribution in [0.1, 0.15) is 92.5 Å². The molecule has 0 bridgehead atoms. The third-order valence-electron chi connectivity index (χ3n) is 7.23. The highest BCUT2D eigenvalue weighted by Crippen LogP contribution is 2.38. The molecule has 0 aromatic carbocycles. The fourth-order valence-electron chi connectivity index (χ4n) is 3.70. The van der Waals surface area contributed by atoms with Gasteiger partial charge in [-0.3, -0.25) is 0 Å². The molecule has 0 aromatic heterocycles. The second-order valence-electron chi connectivity index (χ2n) is 7.93. The molecule has 0 rings (SSSR count). The fraction of sp³-hybridized carbons (Fsp3) is 1.00. The third-order valence-corrected chi connectivity index (χ3v) is 7.23.